The minimum atomic E-state index is -5.26. The molecule has 0 saturated carbocycles. The van der Waals surface area contributed by atoms with Gasteiger partial charge in [0, 0.05) is 36.2 Å². The minimum Gasteiger partial charge on any atom is -0.477 e. The van der Waals surface area contributed by atoms with E-state index < -0.39 is 30.5 Å². The molecule has 3 heterocycles. The van der Waals surface area contributed by atoms with Crippen molar-refractivity contribution in [2.45, 2.75) is 64.0 Å². The molecule has 220 valence electrons. The van der Waals surface area contributed by atoms with Gasteiger partial charge in [0.25, 0.3) is 0 Å². The fraction of sp³-hybridized carbons (Fsp3) is 0.448. The number of hydrogen-bond donors (Lipinski definition) is 1. The molecule has 0 fully saturated rings. The number of benzene rings is 1. The number of alkyl halides is 3. The van der Waals surface area contributed by atoms with Crippen molar-refractivity contribution in [2.24, 2.45) is 7.05 Å². The van der Waals surface area contributed by atoms with Crippen LogP contribution in [0.15, 0.2) is 40.9 Å². The largest absolute Gasteiger partial charge is 0.491 e. The van der Waals surface area contributed by atoms with E-state index in [0.29, 0.717) is 30.2 Å². The van der Waals surface area contributed by atoms with Crippen molar-refractivity contribution >= 4 is 33.7 Å². The summed E-state index contributed by atoms with van der Waals surface area (Å²) < 4.78 is 50.4. The van der Waals surface area contributed by atoms with Crippen LogP contribution in [0, 0.1) is 0 Å². The Balaban J connectivity index is 1.47. The van der Waals surface area contributed by atoms with Crippen molar-refractivity contribution in [2.75, 3.05) is 18.5 Å². The Bertz CT molecular complexity index is 1410. The molecule has 1 atom stereocenters. The first-order valence-corrected chi connectivity index (χ1v) is 14.2. The molecule has 2 aromatic heterocycles. The van der Waals surface area contributed by atoms with E-state index in [1.165, 1.54) is 5.56 Å². The molecule has 0 aliphatic carbocycles. The molecule has 4 rings (SSSR count). The van der Waals surface area contributed by atoms with Crippen LogP contribution in [0.2, 0.25) is 0 Å². The van der Waals surface area contributed by atoms with E-state index in [4.69, 9.17) is 4.74 Å². The van der Waals surface area contributed by atoms with Crippen LogP contribution in [0.4, 0.5) is 19.0 Å². The first kappa shape index (κ1) is 30.5. The number of nitrogens with zero attached hydrogens (tertiary/aromatic N) is 3. The summed E-state index contributed by atoms with van der Waals surface area (Å²) in [6.07, 6.45) is -2.80. The average Bonchev–Trinajstić information content (AvgIpc) is 3.25. The van der Waals surface area contributed by atoms with Gasteiger partial charge >= 0.3 is 18.1 Å². The number of nitrogens with one attached hydrogen (secondary N) is 1. The predicted octanol–water partition coefficient (Wildman–Crippen LogP) is 6.03. The molecule has 1 aliphatic heterocycles. The van der Waals surface area contributed by atoms with Crippen LogP contribution >= 0.6 is 15.9 Å². The van der Waals surface area contributed by atoms with Crippen LogP contribution in [0.3, 0.4) is 0 Å². The second-order valence-electron chi connectivity index (χ2n) is 10.4. The van der Waals surface area contributed by atoms with Crippen molar-refractivity contribution in [3.05, 3.63) is 68.9 Å². The van der Waals surface area contributed by atoms with Crippen LogP contribution in [0.5, 0.6) is 5.88 Å². The Kier molecular flexibility index (Phi) is 9.72. The third-order valence-electron chi connectivity index (χ3n) is 6.83. The van der Waals surface area contributed by atoms with Crippen LogP contribution in [-0.2, 0) is 40.6 Å². The quantitative estimate of drug-likeness (QED) is 0.214. The Hall–Kier alpha value is -3.41. The zero-order valence-electron chi connectivity index (χ0n) is 23.1. The SMILES string of the molecule is CC(C)c1cc(Br)cc(C(CC(=O)OC(=O)C(F)(F)F)Cc2cc(OCCc3ccc4c(n3)NCCC4)n(C)n2)c1. The maximum Gasteiger partial charge on any atom is 0.491 e. The third-order valence-corrected chi connectivity index (χ3v) is 7.29. The lowest BCUT2D eigenvalue weighted by Gasteiger charge is -2.18. The predicted molar refractivity (Wildman–Crippen MR) is 150 cm³/mol. The summed E-state index contributed by atoms with van der Waals surface area (Å²) in [5.74, 6) is -2.80. The van der Waals surface area contributed by atoms with Gasteiger partial charge in [-0.1, -0.05) is 41.9 Å². The normalized spacial score (nSPS) is 13.9. The number of ether oxygens (including phenoxy) is 2. The first-order valence-electron chi connectivity index (χ1n) is 13.4. The van der Waals surface area contributed by atoms with E-state index in [2.05, 4.69) is 42.1 Å². The summed E-state index contributed by atoms with van der Waals surface area (Å²) in [5, 5.41) is 7.82. The Morgan fingerprint density at radius 2 is 1.88 bits per heavy atom. The Morgan fingerprint density at radius 1 is 1.12 bits per heavy atom. The molecular weight excluding hydrogens is 605 g/mol. The second kappa shape index (κ2) is 13.1. The molecule has 0 saturated heterocycles. The van der Waals surface area contributed by atoms with Gasteiger partial charge in [-0.3, -0.25) is 4.79 Å². The molecule has 1 N–H and O–H groups in total. The van der Waals surface area contributed by atoms with Crippen LogP contribution in [-0.4, -0.2) is 46.0 Å². The molecule has 0 radical (unpaired) electrons. The molecule has 0 spiro atoms. The second-order valence-corrected chi connectivity index (χ2v) is 11.3. The summed E-state index contributed by atoms with van der Waals surface area (Å²) in [7, 11) is 1.72. The molecule has 3 aromatic rings. The monoisotopic (exact) mass is 636 g/mol. The molecule has 1 aliphatic rings. The number of anilines is 1. The maximum atomic E-state index is 12.7. The topological polar surface area (TPSA) is 95.3 Å². The lowest BCUT2D eigenvalue weighted by molar-refractivity contribution is -0.202. The van der Waals surface area contributed by atoms with Gasteiger partial charge in [-0.2, -0.15) is 18.3 Å². The van der Waals surface area contributed by atoms with Gasteiger partial charge in [-0.05, 0) is 66.0 Å². The molecule has 12 heteroatoms. The summed E-state index contributed by atoms with van der Waals surface area (Å²) in [6.45, 7) is 5.29. The van der Waals surface area contributed by atoms with Gasteiger partial charge in [0.1, 0.15) is 5.82 Å². The maximum absolute atomic E-state index is 12.7. The van der Waals surface area contributed by atoms with Gasteiger partial charge in [0.05, 0.1) is 18.7 Å². The van der Waals surface area contributed by atoms with Crippen molar-refractivity contribution in [3.8, 4) is 5.88 Å². The summed E-state index contributed by atoms with van der Waals surface area (Å²) in [6, 6.07) is 11.5. The number of aromatic nitrogens is 3. The Labute approximate surface area is 244 Å². The molecule has 1 unspecified atom stereocenters. The fourth-order valence-corrected chi connectivity index (χ4v) is 5.21. The summed E-state index contributed by atoms with van der Waals surface area (Å²) in [5.41, 5.74) is 4.38. The lowest BCUT2D eigenvalue weighted by atomic mass is 9.88. The highest BCUT2D eigenvalue weighted by atomic mass is 79.9. The van der Waals surface area contributed by atoms with E-state index in [0.717, 1.165) is 40.9 Å². The van der Waals surface area contributed by atoms with Crippen LogP contribution in [0.25, 0.3) is 0 Å². The molecule has 0 amide bonds. The number of halogens is 4. The van der Waals surface area contributed by atoms with Gasteiger partial charge in [-0.25, -0.2) is 14.5 Å². The van der Waals surface area contributed by atoms with Crippen LogP contribution in [0.1, 0.15) is 66.6 Å². The van der Waals surface area contributed by atoms with Gasteiger partial charge < -0.3 is 14.8 Å². The summed E-state index contributed by atoms with van der Waals surface area (Å²) in [4.78, 5) is 28.3. The van der Waals surface area contributed by atoms with E-state index in [1.54, 1.807) is 23.9 Å². The van der Waals surface area contributed by atoms with Gasteiger partial charge in [0.2, 0.25) is 5.88 Å². The van der Waals surface area contributed by atoms with E-state index in [-0.39, 0.29) is 12.3 Å². The van der Waals surface area contributed by atoms with E-state index in [9.17, 15) is 22.8 Å². The number of carbonyl (C=O) groups is 2. The lowest BCUT2D eigenvalue weighted by Crippen LogP contribution is -2.28. The standard InChI is InChI=1S/C29H32BrF3N4O4/c1-17(2)19-11-20(13-22(30)12-19)21(15-26(38)41-28(39)29(31,32)33)14-24-16-25(37(3)36-24)40-10-8-23-7-6-18-5-4-9-34-27(18)35-23/h6-7,11-13,16-17,21H,4-5,8-10,14-15H2,1-3H3,(H,34,35). The number of aryl methyl sites for hydroxylation is 2. The number of carbonyl (C=O) groups excluding carboxylic acids is 2. The zero-order valence-corrected chi connectivity index (χ0v) is 24.6. The first-order chi connectivity index (χ1) is 19.4. The number of esters is 2. The van der Waals surface area contributed by atoms with Crippen LogP contribution < -0.4 is 10.1 Å². The Morgan fingerprint density at radius 3 is 2.61 bits per heavy atom. The van der Waals surface area contributed by atoms with Crippen molar-refractivity contribution < 1.29 is 32.2 Å². The molecule has 41 heavy (non-hydrogen) atoms. The average molecular weight is 637 g/mol. The zero-order chi connectivity index (χ0) is 29.7. The fourth-order valence-electron chi connectivity index (χ4n) is 4.68. The van der Waals surface area contributed by atoms with E-state index >= 15 is 0 Å². The number of rotatable bonds is 10. The highest BCUT2D eigenvalue weighted by Crippen LogP contribution is 2.32. The third kappa shape index (κ3) is 8.31. The van der Waals surface area contributed by atoms with Gasteiger partial charge in [-0.15, -0.1) is 0 Å². The molecular formula is C29H32BrF3N4O4. The van der Waals surface area contributed by atoms with Crippen molar-refractivity contribution in [3.63, 3.8) is 0 Å². The molecule has 8 nitrogen and oxygen atoms in total. The number of fused-ring (bicyclic) bond motifs is 1. The van der Waals surface area contributed by atoms with E-state index in [1.807, 2.05) is 32.0 Å². The number of pyridine rings is 1. The number of hydrogen-bond acceptors (Lipinski definition) is 7. The van der Waals surface area contributed by atoms with Gasteiger partial charge in [0.15, 0.2) is 0 Å². The highest BCUT2D eigenvalue weighted by molar-refractivity contribution is 9.10. The highest BCUT2D eigenvalue weighted by Gasteiger charge is 2.42. The molecule has 1 aromatic carbocycles. The van der Waals surface area contributed by atoms with Crippen molar-refractivity contribution in [1.29, 1.82) is 0 Å². The summed E-state index contributed by atoms with van der Waals surface area (Å²) >= 11 is 3.48. The molecule has 0 bridgehead atoms. The van der Waals surface area contributed by atoms with Crippen molar-refractivity contribution in [1.82, 2.24) is 14.8 Å². The smallest absolute Gasteiger partial charge is 0.477 e. The minimum absolute atomic E-state index is 0.167.